The number of aromatic amines is 1. The molecule has 0 radical (unpaired) electrons. The number of carbonyl (C=O) groups excluding carboxylic acids is 1. The van der Waals surface area contributed by atoms with E-state index >= 15 is 0 Å². The topological polar surface area (TPSA) is 62.1 Å². The van der Waals surface area contributed by atoms with Crippen LogP contribution in [0.2, 0.25) is 0 Å². The molecule has 1 heterocycles. The van der Waals surface area contributed by atoms with Crippen molar-refractivity contribution in [3.8, 4) is 0 Å². The number of benzene rings is 2. The van der Waals surface area contributed by atoms with Crippen LogP contribution in [0.15, 0.2) is 48.7 Å². The molecule has 0 fully saturated rings. The minimum Gasteiger partial charge on any atom is -0.399 e. The first-order valence-electron chi connectivity index (χ1n) is 6.46. The van der Waals surface area contributed by atoms with E-state index < -0.39 is 0 Å². The Bertz CT molecular complexity index is 808. The predicted molar refractivity (Wildman–Crippen MR) is 81.8 cm³/mol. The van der Waals surface area contributed by atoms with Crippen molar-refractivity contribution in [1.29, 1.82) is 0 Å². The number of anilines is 2. The molecule has 21 heavy (non-hydrogen) atoms. The Kier molecular flexibility index (Phi) is 3.10. The molecule has 2 aromatic carbocycles. The summed E-state index contributed by atoms with van der Waals surface area (Å²) >= 11 is 0. The van der Waals surface area contributed by atoms with E-state index in [9.17, 15) is 9.18 Å². The van der Waals surface area contributed by atoms with Crippen molar-refractivity contribution in [3.63, 3.8) is 0 Å². The van der Waals surface area contributed by atoms with E-state index in [-0.39, 0.29) is 11.7 Å². The molecule has 0 saturated carbocycles. The largest absolute Gasteiger partial charge is 0.399 e. The number of hydrogen-bond acceptors (Lipinski definition) is 2. The quantitative estimate of drug-likeness (QED) is 0.710. The van der Waals surface area contributed by atoms with Gasteiger partial charge in [-0.25, -0.2) is 4.39 Å². The summed E-state index contributed by atoms with van der Waals surface area (Å²) in [5, 5.41) is 0.808. The van der Waals surface area contributed by atoms with E-state index in [0.29, 0.717) is 16.9 Å². The van der Waals surface area contributed by atoms with Gasteiger partial charge in [0, 0.05) is 35.5 Å². The first-order valence-corrected chi connectivity index (χ1v) is 6.46. The summed E-state index contributed by atoms with van der Waals surface area (Å²) in [6.45, 7) is 0. The number of hydrogen-bond donors (Lipinski definition) is 2. The Hall–Kier alpha value is -2.82. The lowest BCUT2D eigenvalue weighted by Crippen LogP contribution is -2.25. The fourth-order valence-corrected chi connectivity index (χ4v) is 2.28. The second-order valence-corrected chi connectivity index (χ2v) is 4.85. The second-order valence-electron chi connectivity index (χ2n) is 4.85. The number of nitrogen functional groups attached to an aromatic ring is 1. The Morgan fingerprint density at radius 1 is 1.19 bits per heavy atom. The molecule has 5 heteroatoms. The van der Waals surface area contributed by atoms with Crippen LogP contribution in [-0.2, 0) is 0 Å². The summed E-state index contributed by atoms with van der Waals surface area (Å²) in [5.41, 5.74) is 8.35. The van der Waals surface area contributed by atoms with Gasteiger partial charge < -0.3 is 15.6 Å². The van der Waals surface area contributed by atoms with Crippen LogP contribution in [0, 0.1) is 5.82 Å². The Labute approximate surface area is 121 Å². The van der Waals surface area contributed by atoms with Gasteiger partial charge >= 0.3 is 0 Å². The van der Waals surface area contributed by atoms with Gasteiger partial charge in [-0.15, -0.1) is 0 Å². The highest BCUT2D eigenvalue weighted by molar-refractivity contribution is 6.14. The van der Waals surface area contributed by atoms with Gasteiger partial charge in [-0.2, -0.15) is 0 Å². The van der Waals surface area contributed by atoms with Crippen LogP contribution in [0.5, 0.6) is 0 Å². The number of aromatic nitrogens is 1. The zero-order valence-corrected chi connectivity index (χ0v) is 11.4. The highest BCUT2D eigenvalue weighted by atomic mass is 19.1. The maximum absolute atomic E-state index is 13.0. The van der Waals surface area contributed by atoms with Crippen LogP contribution in [0.3, 0.4) is 0 Å². The van der Waals surface area contributed by atoms with Crippen LogP contribution in [0.4, 0.5) is 15.8 Å². The molecule has 106 valence electrons. The molecule has 3 aromatic rings. The highest BCUT2D eigenvalue weighted by Gasteiger charge is 2.17. The van der Waals surface area contributed by atoms with Crippen molar-refractivity contribution in [2.24, 2.45) is 0 Å². The molecule has 0 aliphatic rings. The molecule has 0 unspecified atom stereocenters. The third kappa shape index (κ3) is 2.33. The third-order valence-electron chi connectivity index (χ3n) is 3.45. The lowest BCUT2D eigenvalue weighted by atomic mass is 10.1. The number of amides is 1. The van der Waals surface area contributed by atoms with Crippen LogP contribution < -0.4 is 10.6 Å². The molecular weight excluding hydrogens is 269 g/mol. The van der Waals surface area contributed by atoms with Gasteiger partial charge in [0.15, 0.2) is 0 Å². The van der Waals surface area contributed by atoms with Crippen LogP contribution in [0.25, 0.3) is 10.9 Å². The molecule has 1 amide bonds. The van der Waals surface area contributed by atoms with Crippen molar-refractivity contribution in [2.45, 2.75) is 0 Å². The zero-order valence-electron chi connectivity index (χ0n) is 11.4. The molecule has 3 N–H and O–H groups in total. The summed E-state index contributed by atoms with van der Waals surface area (Å²) in [4.78, 5) is 17.1. The van der Waals surface area contributed by atoms with Gasteiger partial charge in [0.1, 0.15) is 5.82 Å². The Balaban J connectivity index is 1.98. The van der Waals surface area contributed by atoms with Crippen LogP contribution >= 0.6 is 0 Å². The SMILES string of the molecule is CN(C(=O)c1c[nH]c2cc(N)ccc12)c1ccc(F)cc1. The lowest BCUT2D eigenvalue weighted by molar-refractivity contribution is 0.0994. The van der Waals surface area contributed by atoms with Gasteiger partial charge in [-0.1, -0.05) is 0 Å². The van der Waals surface area contributed by atoms with Crippen LogP contribution in [0.1, 0.15) is 10.4 Å². The molecular formula is C16H14FN3O. The zero-order chi connectivity index (χ0) is 15.0. The van der Waals surface area contributed by atoms with Crippen LogP contribution in [-0.4, -0.2) is 17.9 Å². The third-order valence-corrected chi connectivity index (χ3v) is 3.45. The summed E-state index contributed by atoms with van der Waals surface area (Å²) in [6.07, 6.45) is 1.66. The molecule has 0 aliphatic carbocycles. The second kappa shape index (κ2) is 4.94. The molecule has 0 atom stereocenters. The molecule has 0 spiro atoms. The summed E-state index contributed by atoms with van der Waals surface area (Å²) in [7, 11) is 1.66. The first-order chi connectivity index (χ1) is 10.1. The van der Waals surface area contributed by atoms with E-state index in [4.69, 9.17) is 5.73 Å². The van der Waals surface area contributed by atoms with E-state index in [1.165, 1.54) is 17.0 Å². The van der Waals surface area contributed by atoms with Crippen molar-refractivity contribution < 1.29 is 9.18 Å². The maximum atomic E-state index is 13.0. The number of rotatable bonds is 2. The number of nitrogens with one attached hydrogen (secondary N) is 1. The fourth-order valence-electron chi connectivity index (χ4n) is 2.28. The van der Waals surface area contributed by atoms with E-state index in [1.54, 1.807) is 37.5 Å². The highest BCUT2D eigenvalue weighted by Crippen LogP contribution is 2.23. The smallest absolute Gasteiger partial charge is 0.260 e. The van der Waals surface area contributed by atoms with Gasteiger partial charge in [0.05, 0.1) is 5.56 Å². The summed E-state index contributed by atoms with van der Waals surface area (Å²) < 4.78 is 13.0. The minimum atomic E-state index is -0.331. The predicted octanol–water partition coefficient (Wildman–Crippen LogP) is 3.17. The number of H-pyrrole nitrogens is 1. The lowest BCUT2D eigenvalue weighted by Gasteiger charge is -2.16. The van der Waals surface area contributed by atoms with Gasteiger partial charge in [0.2, 0.25) is 0 Å². The van der Waals surface area contributed by atoms with Gasteiger partial charge in [0.25, 0.3) is 5.91 Å². The molecule has 0 saturated heterocycles. The van der Waals surface area contributed by atoms with Crippen molar-refractivity contribution in [1.82, 2.24) is 4.98 Å². The Morgan fingerprint density at radius 3 is 2.62 bits per heavy atom. The Morgan fingerprint density at radius 2 is 1.90 bits per heavy atom. The van der Waals surface area contributed by atoms with Crippen molar-refractivity contribution in [3.05, 3.63) is 60.0 Å². The molecule has 0 bridgehead atoms. The molecule has 0 aliphatic heterocycles. The fraction of sp³-hybridized carbons (Fsp3) is 0.0625. The summed E-state index contributed by atoms with van der Waals surface area (Å²) in [6, 6.07) is 11.1. The van der Waals surface area contributed by atoms with Gasteiger partial charge in [-0.05, 0) is 42.5 Å². The average Bonchev–Trinajstić information content (AvgIpc) is 2.89. The molecule has 3 rings (SSSR count). The normalized spacial score (nSPS) is 10.8. The maximum Gasteiger partial charge on any atom is 0.260 e. The van der Waals surface area contributed by atoms with E-state index in [0.717, 1.165) is 10.9 Å². The average molecular weight is 283 g/mol. The number of halogens is 1. The molecule has 4 nitrogen and oxygen atoms in total. The van der Waals surface area contributed by atoms with Gasteiger partial charge in [-0.3, -0.25) is 4.79 Å². The standard InChI is InChI=1S/C16H14FN3O/c1-20(12-5-2-10(17)3-6-12)16(21)14-9-19-15-8-11(18)4-7-13(14)15/h2-9,19H,18H2,1H3. The number of fused-ring (bicyclic) bond motifs is 1. The molecule has 1 aromatic heterocycles. The number of nitrogens with zero attached hydrogens (tertiary/aromatic N) is 1. The first kappa shape index (κ1) is 13.2. The minimum absolute atomic E-state index is 0.169. The van der Waals surface area contributed by atoms with E-state index in [2.05, 4.69) is 4.98 Å². The number of carbonyl (C=O) groups is 1. The summed E-state index contributed by atoms with van der Waals surface area (Å²) in [5.74, 6) is -0.500. The van der Waals surface area contributed by atoms with E-state index in [1.807, 2.05) is 6.07 Å². The number of nitrogens with two attached hydrogens (primary N) is 1. The van der Waals surface area contributed by atoms with Crippen molar-refractivity contribution in [2.75, 3.05) is 17.7 Å². The van der Waals surface area contributed by atoms with Crippen molar-refractivity contribution >= 4 is 28.2 Å². The monoisotopic (exact) mass is 283 g/mol.